The van der Waals surface area contributed by atoms with Gasteiger partial charge in [0.1, 0.15) is 11.8 Å². The van der Waals surface area contributed by atoms with E-state index in [-0.39, 0.29) is 36.6 Å². The second-order valence-corrected chi connectivity index (χ2v) is 11.6. The Labute approximate surface area is 251 Å². The molecule has 0 aromatic carbocycles. The normalized spacial score (nSPS) is 24.5. The minimum absolute atomic E-state index is 0.154. The van der Waals surface area contributed by atoms with Crippen LogP contribution in [0.2, 0.25) is 0 Å². The minimum Gasteiger partial charge on any atom is -0.511 e. The van der Waals surface area contributed by atoms with Gasteiger partial charge in [-0.3, -0.25) is 4.79 Å². The Morgan fingerprint density at radius 2 is 1.81 bits per heavy atom. The molecule has 43 heavy (non-hydrogen) atoms. The van der Waals surface area contributed by atoms with Gasteiger partial charge in [-0.2, -0.15) is 5.26 Å². The SMILES string of the molecule is CCC1=C(C)C2=NC1=CC1=C(C)C3=C(O)CC(=C4NC(=C(C#N)C5=NC(=C2)C(CO)=C5C)[C@@H](C)[C@@H]4CCC(=O)OC)C3=N1. The molecule has 1 aliphatic carbocycles. The third-order valence-electron chi connectivity index (χ3n) is 9.47. The van der Waals surface area contributed by atoms with Crippen molar-refractivity contribution in [1.29, 1.82) is 5.26 Å². The van der Waals surface area contributed by atoms with Crippen molar-refractivity contribution in [3.8, 4) is 6.07 Å². The van der Waals surface area contributed by atoms with Crippen LogP contribution in [0.4, 0.5) is 0 Å². The maximum absolute atomic E-state index is 12.2. The van der Waals surface area contributed by atoms with Crippen LogP contribution in [0.5, 0.6) is 0 Å². The van der Waals surface area contributed by atoms with E-state index in [4.69, 9.17) is 19.7 Å². The molecule has 9 heteroatoms. The Hall–Kier alpha value is -4.55. The van der Waals surface area contributed by atoms with Gasteiger partial charge in [0.05, 0.1) is 53.5 Å². The first-order valence-corrected chi connectivity index (χ1v) is 14.7. The molecule has 0 radical (unpaired) electrons. The number of carbonyl (C=O) groups excluding carboxylic acids is 1. The highest BCUT2D eigenvalue weighted by molar-refractivity contribution is 6.22. The predicted molar refractivity (Wildman–Crippen MR) is 165 cm³/mol. The van der Waals surface area contributed by atoms with E-state index in [1.807, 2.05) is 39.8 Å². The fourth-order valence-corrected chi connectivity index (χ4v) is 7.01. The summed E-state index contributed by atoms with van der Waals surface area (Å²) in [4.78, 5) is 27.2. The molecule has 9 nitrogen and oxygen atoms in total. The van der Waals surface area contributed by atoms with Crippen molar-refractivity contribution in [2.75, 3.05) is 13.7 Å². The molecule has 2 atom stereocenters. The second-order valence-electron chi connectivity index (χ2n) is 11.6. The molecule has 8 bridgehead atoms. The van der Waals surface area contributed by atoms with Crippen molar-refractivity contribution in [2.45, 2.75) is 60.3 Å². The molecule has 0 unspecified atom stereocenters. The number of nitriles is 1. The smallest absolute Gasteiger partial charge is 0.305 e. The summed E-state index contributed by atoms with van der Waals surface area (Å²) in [5.74, 6) is -0.374. The van der Waals surface area contributed by atoms with Gasteiger partial charge in [0, 0.05) is 52.8 Å². The van der Waals surface area contributed by atoms with Crippen molar-refractivity contribution in [3.05, 3.63) is 91.0 Å². The fourth-order valence-electron chi connectivity index (χ4n) is 7.01. The Balaban J connectivity index is 1.65. The quantitative estimate of drug-likeness (QED) is 0.369. The van der Waals surface area contributed by atoms with Crippen LogP contribution in [0.15, 0.2) is 106 Å². The summed E-state index contributed by atoms with van der Waals surface area (Å²) >= 11 is 0. The van der Waals surface area contributed by atoms with E-state index in [2.05, 4.69) is 18.3 Å². The Morgan fingerprint density at radius 3 is 2.49 bits per heavy atom. The van der Waals surface area contributed by atoms with Gasteiger partial charge in [0.15, 0.2) is 0 Å². The molecule has 220 valence electrons. The molecular weight excluding hydrogens is 542 g/mol. The van der Waals surface area contributed by atoms with Crippen molar-refractivity contribution < 1.29 is 19.7 Å². The number of allylic oxidation sites excluding steroid dienone is 11. The first-order valence-electron chi connectivity index (χ1n) is 14.7. The van der Waals surface area contributed by atoms with Gasteiger partial charge in [0.2, 0.25) is 0 Å². The Kier molecular flexibility index (Phi) is 7.05. The van der Waals surface area contributed by atoms with Gasteiger partial charge in [-0.25, -0.2) is 15.0 Å². The number of aliphatic hydroxyl groups excluding tert-OH is 2. The Morgan fingerprint density at radius 1 is 1.07 bits per heavy atom. The summed E-state index contributed by atoms with van der Waals surface area (Å²) in [7, 11) is 1.38. The third-order valence-corrected chi connectivity index (χ3v) is 9.47. The van der Waals surface area contributed by atoms with Gasteiger partial charge in [-0.1, -0.05) is 13.8 Å². The number of esters is 1. The van der Waals surface area contributed by atoms with Crippen molar-refractivity contribution in [2.24, 2.45) is 26.8 Å². The maximum Gasteiger partial charge on any atom is 0.305 e. The molecule has 5 aliphatic heterocycles. The molecule has 0 saturated carbocycles. The number of methoxy groups -OCH3 is 1. The second kappa shape index (κ2) is 10.6. The number of carbonyl (C=O) groups is 1. The monoisotopic (exact) mass is 577 g/mol. The zero-order valence-electron chi connectivity index (χ0n) is 25.3. The maximum atomic E-state index is 12.2. The number of hydrogen-bond donors (Lipinski definition) is 3. The first kappa shape index (κ1) is 28.6. The standard InChI is InChI=1S/C34H35N5O4/c1-7-19-15(2)24-11-27-23(14-40)17(4)31(38-27)22(13-35)32-16(3)20(8-9-29(42)43-6)33(39-32)21-10-28(41)30-18(5)25(37-34(21)30)12-26(19)36-24/h11-12,16,20,39-41H,7-10,14H2,1-6H3/t16-,20-/m0/s1. The van der Waals surface area contributed by atoms with Crippen molar-refractivity contribution in [3.63, 3.8) is 0 Å². The molecule has 6 aliphatic rings. The number of nitrogens with zero attached hydrogens (tertiary/aromatic N) is 4. The van der Waals surface area contributed by atoms with Gasteiger partial charge in [-0.15, -0.1) is 0 Å². The van der Waals surface area contributed by atoms with Crippen LogP contribution in [0.25, 0.3) is 0 Å². The lowest BCUT2D eigenvalue weighted by Gasteiger charge is -2.17. The van der Waals surface area contributed by atoms with Gasteiger partial charge in [0.25, 0.3) is 0 Å². The lowest BCUT2D eigenvalue weighted by atomic mass is 9.85. The molecular formula is C34H35N5O4. The van der Waals surface area contributed by atoms with E-state index in [9.17, 15) is 20.3 Å². The lowest BCUT2D eigenvalue weighted by molar-refractivity contribution is -0.140. The number of aliphatic imine (C=N–C) groups is 3. The highest BCUT2D eigenvalue weighted by Gasteiger charge is 2.42. The molecule has 0 aromatic heterocycles. The minimum atomic E-state index is -0.307. The zero-order valence-corrected chi connectivity index (χ0v) is 25.3. The number of hydrogen-bond acceptors (Lipinski definition) is 9. The average Bonchev–Trinajstić information content (AvgIpc) is 3.74. The molecule has 5 heterocycles. The van der Waals surface area contributed by atoms with E-state index in [0.717, 1.165) is 62.7 Å². The van der Waals surface area contributed by atoms with E-state index in [0.29, 0.717) is 46.8 Å². The van der Waals surface area contributed by atoms with E-state index >= 15 is 0 Å². The first-order chi connectivity index (χ1) is 20.6. The van der Waals surface area contributed by atoms with E-state index in [1.165, 1.54) is 7.11 Å². The van der Waals surface area contributed by atoms with Crippen LogP contribution in [0.1, 0.15) is 60.3 Å². The van der Waals surface area contributed by atoms with Crippen molar-refractivity contribution >= 4 is 23.1 Å². The number of fused-ring (bicyclic) bond motifs is 5. The molecule has 1 fully saturated rings. The van der Waals surface area contributed by atoms with Gasteiger partial charge >= 0.3 is 5.97 Å². The summed E-state index contributed by atoms with van der Waals surface area (Å²) in [5, 5.41) is 35.7. The van der Waals surface area contributed by atoms with E-state index < -0.39 is 0 Å². The highest BCUT2D eigenvalue weighted by atomic mass is 16.5. The van der Waals surface area contributed by atoms with Crippen LogP contribution in [0, 0.1) is 23.2 Å². The summed E-state index contributed by atoms with van der Waals surface area (Å²) in [6.07, 6.45) is 5.64. The van der Waals surface area contributed by atoms with Crippen LogP contribution in [-0.4, -0.2) is 47.0 Å². The van der Waals surface area contributed by atoms with Crippen LogP contribution >= 0.6 is 0 Å². The average molecular weight is 578 g/mol. The molecule has 1 saturated heterocycles. The number of ether oxygens (including phenoxy) is 1. The summed E-state index contributed by atoms with van der Waals surface area (Å²) < 4.78 is 4.95. The van der Waals surface area contributed by atoms with Gasteiger partial charge in [-0.05, 0) is 68.1 Å². The van der Waals surface area contributed by atoms with Crippen molar-refractivity contribution in [1.82, 2.24) is 5.32 Å². The topological polar surface area (TPSA) is 140 Å². The van der Waals surface area contributed by atoms with Crippen LogP contribution in [-0.2, 0) is 9.53 Å². The summed E-state index contributed by atoms with van der Waals surface area (Å²) in [6, 6.07) is 2.40. The molecule has 0 aromatic rings. The Bertz CT molecular complexity index is 1790. The number of nitrogens with one attached hydrogen (secondary N) is 1. The molecule has 6 rings (SSSR count). The number of rotatable bonds is 5. The van der Waals surface area contributed by atoms with Gasteiger partial charge < -0.3 is 20.3 Å². The molecule has 0 amide bonds. The molecule has 3 N–H and O–H groups in total. The number of aliphatic hydroxyl groups is 2. The van der Waals surface area contributed by atoms with E-state index in [1.54, 1.807) is 0 Å². The lowest BCUT2D eigenvalue weighted by Crippen LogP contribution is -2.16. The largest absolute Gasteiger partial charge is 0.511 e. The zero-order chi connectivity index (χ0) is 30.7. The van der Waals surface area contributed by atoms with Crippen LogP contribution in [0.3, 0.4) is 0 Å². The van der Waals surface area contributed by atoms with Crippen LogP contribution < -0.4 is 5.32 Å². The summed E-state index contributed by atoms with van der Waals surface area (Å²) in [5.41, 5.74) is 12.0. The fraction of sp³-hybridized carbons (Fsp3) is 0.382. The summed E-state index contributed by atoms with van der Waals surface area (Å²) in [6.45, 7) is 9.78. The highest BCUT2D eigenvalue weighted by Crippen LogP contribution is 2.47. The molecule has 0 spiro atoms. The third kappa shape index (κ3) is 4.31. The predicted octanol–water partition coefficient (Wildman–Crippen LogP) is 5.50.